The van der Waals surface area contributed by atoms with Gasteiger partial charge in [-0.05, 0) is 0 Å². The highest BCUT2D eigenvalue weighted by Gasteiger charge is 2.20. The minimum Gasteiger partial charge on any atom is -0.495 e. The number of alkyl halides is 2. The monoisotopic (exact) mass is 242 g/mol. The van der Waals surface area contributed by atoms with Gasteiger partial charge in [-0.3, -0.25) is 4.79 Å². The molecule has 0 aliphatic rings. The Bertz CT molecular complexity index is 483. The first-order valence-corrected chi connectivity index (χ1v) is 4.47. The molecule has 0 aliphatic heterocycles. The molecule has 0 saturated carbocycles. The number of ether oxygens (including phenoxy) is 1. The summed E-state index contributed by atoms with van der Waals surface area (Å²) in [5.41, 5.74) is -0.951. The van der Waals surface area contributed by atoms with Crippen LogP contribution in [0, 0.1) is 11.3 Å². The lowest BCUT2D eigenvalue weighted by Gasteiger charge is -2.09. The van der Waals surface area contributed by atoms with Gasteiger partial charge in [-0.25, -0.2) is 13.8 Å². The predicted molar refractivity (Wildman–Crippen MR) is 51.8 cm³/mol. The second-order valence-electron chi connectivity index (χ2n) is 3.05. The first-order chi connectivity index (χ1) is 7.99. The van der Waals surface area contributed by atoms with Crippen molar-refractivity contribution < 1.29 is 23.4 Å². The van der Waals surface area contributed by atoms with E-state index >= 15 is 0 Å². The second-order valence-corrected chi connectivity index (χ2v) is 3.05. The van der Waals surface area contributed by atoms with Crippen LogP contribution in [0.25, 0.3) is 0 Å². The number of nitrogens with zero attached hydrogens (tertiary/aromatic N) is 2. The number of carboxylic acid groups (broad SMARTS) is 1. The summed E-state index contributed by atoms with van der Waals surface area (Å²) in [7, 11) is 1.17. The topological polar surface area (TPSA) is 83.2 Å². The Hall–Kier alpha value is -2.23. The molecule has 0 atom stereocenters. The second kappa shape index (κ2) is 5.21. The maximum absolute atomic E-state index is 12.6. The van der Waals surface area contributed by atoms with Gasteiger partial charge in [-0.15, -0.1) is 0 Å². The Morgan fingerprint density at radius 1 is 1.71 bits per heavy atom. The molecule has 90 valence electrons. The van der Waals surface area contributed by atoms with Crippen LogP contribution in [0.1, 0.15) is 23.4 Å². The highest BCUT2D eigenvalue weighted by atomic mass is 19.3. The van der Waals surface area contributed by atoms with Crippen LogP contribution in [-0.4, -0.2) is 23.2 Å². The van der Waals surface area contributed by atoms with E-state index in [0.29, 0.717) is 0 Å². The van der Waals surface area contributed by atoms with Crippen LogP contribution < -0.4 is 4.74 Å². The van der Waals surface area contributed by atoms with Gasteiger partial charge in [0, 0.05) is 6.07 Å². The van der Waals surface area contributed by atoms with Crippen molar-refractivity contribution in [1.82, 2.24) is 4.98 Å². The molecule has 0 amide bonds. The number of methoxy groups -OCH3 is 1. The van der Waals surface area contributed by atoms with Gasteiger partial charge < -0.3 is 9.84 Å². The molecule has 0 saturated heterocycles. The molecule has 1 aromatic rings. The number of hydrogen-bond donors (Lipinski definition) is 1. The number of hydrogen-bond acceptors (Lipinski definition) is 4. The number of rotatable bonds is 4. The van der Waals surface area contributed by atoms with E-state index in [2.05, 4.69) is 9.72 Å². The van der Waals surface area contributed by atoms with E-state index in [4.69, 9.17) is 10.4 Å². The summed E-state index contributed by atoms with van der Waals surface area (Å²) < 4.78 is 29.9. The zero-order chi connectivity index (χ0) is 13.0. The Labute approximate surface area is 95.3 Å². The quantitative estimate of drug-likeness (QED) is 0.865. The number of aliphatic carboxylic acids is 1. The Morgan fingerprint density at radius 3 is 2.76 bits per heavy atom. The standard InChI is InChI=1S/C10H8F2N2O3/c1-17-7-2-5(4-13)6(3-8(15)16)14-9(7)10(11)12/h2,10H,3H2,1H3,(H,15,16). The summed E-state index contributed by atoms with van der Waals surface area (Å²) in [6.45, 7) is 0. The zero-order valence-corrected chi connectivity index (χ0v) is 8.78. The average molecular weight is 242 g/mol. The molecule has 5 nitrogen and oxygen atoms in total. The van der Waals surface area contributed by atoms with Gasteiger partial charge in [0.15, 0.2) is 0 Å². The minimum absolute atomic E-state index is 0.0892. The third kappa shape index (κ3) is 2.87. The molecule has 0 spiro atoms. The van der Waals surface area contributed by atoms with Crippen molar-refractivity contribution in [3.8, 4) is 11.8 Å². The molecular weight excluding hydrogens is 234 g/mol. The predicted octanol–water partition coefficient (Wildman–Crippen LogP) is 1.53. The highest BCUT2D eigenvalue weighted by molar-refractivity contribution is 5.70. The molecule has 1 heterocycles. The summed E-state index contributed by atoms with van der Waals surface area (Å²) in [6.07, 6.45) is -3.49. The molecule has 1 N–H and O–H groups in total. The molecule has 0 fully saturated rings. The van der Waals surface area contributed by atoms with Crippen LogP contribution in [0.5, 0.6) is 5.75 Å². The number of pyridine rings is 1. The first kappa shape index (κ1) is 12.8. The van der Waals surface area contributed by atoms with Crippen LogP contribution in [0.4, 0.5) is 8.78 Å². The number of carbonyl (C=O) groups is 1. The van der Waals surface area contributed by atoms with E-state index in [0.717, 1.165) is 6.07 Å². The van der Waals surface area contributed by atoms with Gasteiger partial charge >= 0.3 is 5.97 Å². The lowest BCUT2D eigenvalue weighted by molar-refractivity contribution is -0.136. The first-order valence-electron chi connectivity index (χ1n) is 4.47. The van der Waals surface area contributed by atoms with Gasteiger partial charge in [0.25, 0.3) is 6.43 Å². The summed E-state index contributed by atoms with van der Waals surface area (Å²) in [5.74, 6) is -1.48. The molecule has 7 heteroatoms. The molecule has 1 rings (SSSR count). The van der Waals surface area contributed by atoms with Crippen molar-refractivity contribution >= 4 is 5.97 Å². The van der Waals surface area contributed by atoms with Crippen molar-refractivity contribution in [2.75, 3.05) is 7.11 Å². The summed E-state index contributed by atoms with van der Waals surface area (Å²) >= 11 is 0. The fourth-order valence-corrected chi connectivity index (χ4v) is 1.24. The Kier molecular flexibility index (Phi) is 3.93. The lowest BCUT2D eigenvalue weighted by atomic mass is 10.1. The zero-order valence-electron chi connectivity index (χ0n) is 8.78. The van der Waals surface area contributed by atoms with Crippen LogP contribution in [0.15, 0.2) is 6.07 Å². The van der Waals surface area contributed by atoms with Crippen LogP contribution in [0.2, 0.25) is 0 Å². The van der Waals surface area contributed by atoms with Crippen LogP contribution >= 0.6 is 0 Å². The molecule has 0 bridgehead atoms. The Balaban J connectivity index is 3.34. The van der Waals surface area contributed by atoms with Crippen molar-refractivity contribution in [2.45, 2.75) is 12.8 Å². The third-order valence-corrected chi connectivity index (χ3v) is 1.96. The molecule has 1 aromatic heterocycles. The lowest BCUT2D eigenvalue weighted by Crippen LogP contribution is -2.08. The smallest absolute Gasteiger partial charge is 0.309 e. The van der Waals surface area contributed by atoms with Gasteiger partial charge in [-0.2, -0.15) is 5.26 Å². The Morgan fingerprint density at radius 2 is 2.35 bits per heavy atom. The number of halogens is 2. The van der Waals surface area contributed by atoms with Crippen molar-refractivity contribution in [3.63, 3.8) is 0 Å². The molecular formula is C10H8F2N2O3. The molecule has 0 aromatic carbocycles. The van der Waals surface area contributed by atoms with Crippen LogP contribution in [0.3, 0.4) is 0 Å². The van der Waals surface area contributed by atoms with Crippen molar-refractivity contribution in [3.05, 3.63) is 23.0 Å². The molecule has 0 radical (unpaired) electrons. The van der Waals surface area contributed by atoms with Gasteiger partial charge in [-0.1, -0.05) is 0 Å². The van der Waals surface area contributed by atoms with E-state index in [1.54, 1.807) is 6.07 Å². The van der Waals surface area contributed by atoms with Gasteiger partial charge in [0.2, 0.25) is 0 Å². The fourth-order valence-electron chi connectivity index (χ4n) is 1.24. The van der Waals surface area contributed by atoms with E-state index in [1.165, 1.54) is 7.11 Å². The van der Waals surface area contributed by atoms with Gasteiger partial charge in [0.1, 0.15) is 17.5 Å². The largest absolute Gasteiger partial charge is 0.495 e. The molecule has 0 aliphatic carbocycles. The number of aromatic nitrogens is 1. The van der Waals surface area contributed by atoms with Crippen molar-refractivity contribution in [1.29, 1.82) is 5.26 Å². The highest BCUT2D eigenvalue weighted by Crippen LogP contribution is 2.29. The summed E-state index contributed by atoms with van der Waals surface area (Å²) in [4.78, 5) is 14.0. The SMILES string of the molecule is COc1cc(C#N)c(CC(=O)O)nc1C(F)F. The summed E-state index contributed by atoms with van der Waals surface area (Å²) in [6, 6.07) is 2.75. The maximum Gasteiger partial charge on any atom is 0.309 e. The van der Waals surface area contributed by atoms with E-state index in [-0.39, 0.29) is 17.0 Å². The van der Waals surface area contributed by atoms with Gasteiger partial charge in [0.05, 0.1) is 24.8 Å². The molecule has 0 unspecified atom stereocenters. The fraction of sp³-hybridized carbons (Fsp3) is 0.300. The third-order valence-electron chi connectivity index (χ3n) is 1.96. The number of carboxylic acids is 1. The van der Waals surface area contributed by atoms with Crippen molar-refractivity contribution in [2.24, 2.45) is 0 Å². The average Bonchev–Trinajstić information content (AvgIpc) is 2.27. The van der Waals surface area contributed by atoms with Crippen LogP contribution in [-0.2, 0) is 11.2 Å². The molecule has 17 heavy (non-hydrogen) atoms. The summed E-state index contributed by atoms with van der Waals surface area (Å²) in [5, 5.41) is 17.3. The minimum atomic E-state index is -2.90. The number of nitriles is 1. The maximum atomic E-state index is 12.6. The van der Waals surface area contributed by atoms with E-state index in [9.17, 15) is 13.6 Å². The van der Waals surface area contributed by atoms with E-state index < -0.39 is 24.5 Å². The van der Waals surface area contributed by atoms with E-state index in [1.807, 2.05) is 0 Å². The normalized spacial score (nSPS) is 10.1.